The number of amides is 1. The first-order chi connectivity index (χ1) is 8.18. The number of pyridine rings is 1. The van der Waals surface area contributed by atoms with Crippen molar-refractivity contribution in [2.75, 3.05) is 12.8 Å². The van der Waals surface area contributed by atoms with Crippen molar-refractivity contribution in [2.45, 2.75) is 6.54 Å². The Morgan fingerprint density at radius 3 is 3.00 bits per heavy atom. The summed E-state index contributed by atoms with van der Waals surface area (Å²) in [5.74, 6) is 0.551. The lowest BCUT2D eigenvalue weighted by atomic mass is 10.2. The third kappa shape index (κ3) is 2.41. The topological polar surface area (TPSA) is 87.9 Å². The van der Waals surface area contributed by atoms with Crippen LogP contribution in [0.25, 0.3) is 0 Å². The van der Waals surface area contributed by atoms with Gasteiger partial charge in [0.1, 0.15) is 5.82 Å². The number of carbonyl (C=O) groups is 1. The number of nitrogen functional groups attached to an aromatic ring is 1. The average molecular weight is 231 g/mol. The number of aromatic amines is 1. The van der Waals surface area contributed by atoms with Gasteiger partial charge in [0, 0.05) is 37.5 Å². The molecule has 6 heteroatoms. The van der Waals surface area contributed by atoms with E-state index in [2.05, 4.69) is 15.0 Å². The van der Waals surface area contributed by atoms with Crippen molar-refractivity contribution in [1.82, 2.24) is 19.9 Å². The molecule has 6 nitrogen and oxygen atoms in total. The molecule has 2 aromatic heterocycles. The molecule has 0 aliphatic rings. The second kappa shape index (κ2) is 4.65. The van der Waals surface area contributed by atoms with Crippen molar-refractivity contribution in [1.29, 1.82) is 0 Å². The van der Waals surface area contributed by atoms with Crippen LogP contribution in [0, 0.1) is 0 Å². The Morgan fingerprint density at radius 2 is 2.35 bits per heavy atom. The molecule has 0 aliphatic heterocycles. The Hall–Kier alpha value is -2.37. The number of H-pyrrole nitrogens is 1. The number of hydrogen-bond donors (Lipinski definition) is 2. The maximum absolute atomic E-state index is 12.1. The molecule has 88 valence electrons. The maximum Gasteiger partial charge on any atom is 0.257 e. The van der Waals surface area contributed by atoms with E-state index in [9.17, 15) is 4.79 Å². The van der Waals surface area contributed by atoms with Crippen LogP contribution < -0.4 is 5.73 Å². The molecular formula is C11H13N5O. The minimum Gasteiger partial charge on any atom is -0.398 e. The minimum atomic E-state index is -0.174. The standard InChI is InChI=1S/C11H13N5O/c1-16(7-10-14-4-5-15-10)11(17)8-6-13-3-2-9(8)12/h2-6H,7H2,1H3,(H2,12,13)(H,14,15). The number of rotatable bonds is 3. The zero-order chi connectivity index (χ0) is 12.3. The molecule has 0 spiro atoms. The normalized spacial score (nSPS) is 10.2. The summed E-state index contributed by atoms with van der Waals surface area (Å²) in [6.07, 6.45) is 6.38. The molecule has 0 radical (unpaired) electrons. The van der Waals surface area contributed by atoms with Gasteiger partial charge in [-0.25, -0.2) is 4.98 Å². The second-order valence-electron chi connectivity index (χ2n) is 3.66. The molecule has 3 N–H and O–H groups in total. The Balaban J connectivity index is 2.13. The summed E-state index contributed by atoms with van der Waals surface area (Å²) in [6, 6.07) is 1.61. The monoisotopic (exact) mass is 231 g/mol. The van der Waals surface area contributed by atoms with Crippen LogP contribution >= 0.6 is 0 Å². The summed E-state index contributed by atoms with van der Waals surface area (Å²) >= 11 is 0. The highest BCUT2D eigenvalue weighted by molar-refractivity contribution is 5.98. The van der Waals surface area contributed by atoms with E-state index < -0.39 is 0 Å². The predicted molar refractivity (Wildman–Crippen MR) is 63.0 cm³/mol. The molecule has 1 amide bonds. The van der Waals surface area contributed by atoms with Crippen molar-refractivity contribution < 1.29 is 4.79 Å². The summed E-state index contributed by atoms with van der Waals surface area (Å²) in [5, 5.41) is 0. The summed E-state index contributed by atoms with van der Waals surface area (Å²) in [7, 11) is 1.69. The highest BCUT2D eigenvalue weighted by atomic mass is 16.2. The molecule has 0 unspecified atom stereocenters. The summed E-state index contributed by atoms with van der Waals surface area (Å²) in [6.45, 7) is 0.403. The van der Waals surface area contributed by atoms with E-state index in [1.54, 1.807) is 31.7 Å². The van der Waals surface area contributed by atoms with Crippen molar-refractivity contribution in [3.05, 3.63) is 42.2 Å². The van der Waals surface area contributed by atoms with Gasteiger partial charge >= 0.3 is 0 Å². The first-order valence-corrected chi connectivity index (χ1v) is 5.11. The number of nitrogens with zero attached hydrogens (tertiary/aromatic N) is 3. The molecule has 0 aliphatic carbocycles. The third-order valence-corrected chi connectivity index (χ3v) is 2.37. The highest BCUT2D eigenvalue weighted by Gasteiger charge is 2.15. The number of nitrogens with one attached hydrogen (secondary N) is 1. The van der Waals surface area contributed by atoms with Gasteiger partial charge in [-0.05, 0) is 6.07 Å². The van der Waals surface area contributed by atoms with Crippen LogP contribution in [0.5, 0.6) is 0 Å². The molecule has 0 saturated carbocycles. The number of hydrogen-bond acceptors (Lipinski definition) is 4. The minimum absolute atomic E-state index is 0.174. The molecule has 0 bridgehead atoms. The van der Waals surface area contributed by atoms with Gasteiger partial charge in [0.15, 0.2) is 0 Å². The van der Waals surface area contributed by atoms with Crippen LogP contribution in [0.3, 0.4) is 0 Å². The smallest absolute Gasteiger partial charge is 0.257 e. The second-order valence-corrected chi connectivity index (χ2v) is 3.66. The van der Waals surface area contributed by atoms with Crippen LogP contribution in [0.4, 0.5) is 5.69 Å². The van der Waals surface area contributed by atoms with E-state index in [-0.39, 0.29) is 5.91 Å². The van der Waals surface area contributed by atoms with E-state index in [0.29, 0.717) is 17.8 Å². The Bertz CT molecular complexity index is 508. The van der Waals surface area contributed by atoms with E-state index in [1.165, 1.54) is 11.1 Å². The van der Waals surface area contributed by atoms with Gasteiger partial charge in [-0.2, -0.15) is 0 Å². The van der Waals surface area contributed by atoms with E-state index >= 15 is 0 Å². The molecule has 0 saturated heterocycles. The lowest BCUT2D eigenvalue weighted by Gasteiger charge is -2.16. The van der Waals surface area contributed by atoms with Gasteiger partial charge in [0.2, 0.25) is 0 Å². The van der Waals surface area contributed by atoms with Gasteiger partial charge in [0.25, 0.3) is 5.91 Å². The highest BCUT2D eigenvalue weighted by Crippen LogP contribution is 2.12. The van der Waals surface area contributed by atoms with Crippen LogP contribution in [-0.2, 0) is 6.54 Å². The van der Waals surface area contributed by atoms with Crippen molar-refractivity contribution >= 4 is 11.6 Å². The molecule has 0 atom stereocenters. The molecule has 2 aromatic rings. The van der Waals surface area contributed by atoms with Gasteiger partial charge in [0.05, 0.1) is 12.1 Å². The molecule has 2 heterocycles. The fourth-order valence-electron chi connectivity index (χ4n) is 1.47. The summed E-state index contributed by atoms with van der Waals surface area (Å²) < 4.78 is 0. The third-order valence-electron chi connectivity index (χ3n) is 2.37. The largest absolute Gasteiger partial charge is 0.398 e. The van der Waals surface area contributed by atoms with Gasteiger partial charge in [-0.1, -0.05) is 0 Å². The summed E-state index contributed by atoms with van der Waals surface area (Å²) in [5.41, 5.74) is 6.55. The zero-order valence-electron chi connectivity index (χ0n) is 9.42. The predicted octanol–water partition coefficient (Wildman–Crippen LogP) is 0.659. The van der Waals surface area contributed by atoms with Crippen molar-refractivity contribution in [3.63, 3.8) is 0 Å². The number of carbonyl (C=O) groups excluding carboxylic acids is 1. The van der Waals surface area contributed by atoms with E-state index in [0.717, 1.165) is 5.82 Å². The zero-order valence-corrected chi connectivity index (χ0v) is 9.42. The van der Waals surface area contributed by atoms with Crippen LogP contribution in [0.2, 0.25) is 0 Å². The lowest BCUT2D eigenvalue weighted by Crippen LogP contribution is -2.27. The molecule has 2 rings (SSSR count). The van der Waals surface area contributed by atoms with Gasteiger partial charge in [-0.15, -0.1) is 0 Å². The number of aromatic nitrogens is 3. The Labute approximate surface area is 98.5 Å². The lowest BCUT2D eigenvalue weighted by molar-refractivity contribution is 0.0782. The number of imidazole rings is 1. The Kier molecular flexibility index (Phi) is 3.04. The first kappa shape index (κ1) is 11.1. The average Bonchev–Trinajstić information content (AvgIpc) is 2.81. The van der Waals surface area contributed by atoms with Crippen LogP contribution in [0.1, 0.15) is 16.2 Å². The van der Waals surface area contributed by atoms with E-state index in [1.807, 2.05) is 0 Å². The van der Waals surface area contributed by atoms with Crippen LogP contribution in [-0.4, -0.2) is 32.8 Å². The molecule has 0 aromatic carbocycles. The van der Waals surface area contributed by atoms with Gasteiger partial charge < -0.3 is 15.6 Å². The van der Waals surface area contributed by atoms with Crippen molar-refractivity contribution in [2.24, 2.45) is 0 Å². The summed E-state index contributed by atoms with van der Waals surface area (Å²) in [4.78, 5) is 24.5. The first-order valence-electron chi connectivity index (χ1n) is 5.11. The number of nitrogens with two attached hydrogens (primary N) is 1. The van der Waals surface area contributed by atoms with E-state index in [4.69, 9.17) is 5.73 Å². The van der Waals surface area contributed by atoms with Crippen LogP contribution in [0.15, 0.2) is 30.9 Å². The molecule has 0 fully saturated rings. The molecular weight excluding hydrogens is 218 g/mol. The number of anilines is 1. The maximum atomic E-state index is 12.1. The quantitative estimate of drug-likeness (QED) is 0.812. The molecule has 17 heavy (non-hydrogen) atoms. The van der Waals surface area contributed by atoms with Crippen molar-refractivity contribution in [3.8, 4) is 0 Å². The fourth-order valence-corrected chi connectivity index (χ4v) is 1.47. The van der Waals surface area contributed by atoms with Gasteiger partial charge in [-0.3, -0.25) is 9.78 Å². The SMILES string of the molecule is CN(Cc1ncc[nH]1)C(=O)c1cnccc1N. The fraction of sp³-hybridized carbons (Fsp3) is 0.182. The Morgan fingerprint density at radius 1 is 1.53 bits per heavy atom.